The Morgan fingerprint density at radius 3 is 2.71 bits per heavy atom. The average Bonchev–Trinajstić information content (AvgIpc) is 2.84. The van der Waals surface area contributed by atoms with E-state index >= 15 is 0 Å². The fraction of sp³-hybridized carbons (Fsp3) is 0.346. The van der Waals surface area contributed by atoms with E-state index in [4.69, 9.17) is 4.74 Å². The molecule has 3 amide bonds. The van der Waals surface area contributed by atoms with Crippen molar-refractivity contribution in [2.45, 2.75) is 45.3 Å². The van der Waals surface area contributed by atoms with Gasteiger partial charge in [0.2, 0.25) is 17.7 Å². The number of fused-ring (bicyclic) bond motifs is 1. The van der Waals surface area contributed by atoms with E-state index in [1.807, 2.05) is 36.4 Å². The molecule has 1 atom stereocenters. The molecular formula is C26H28N4O5. The normalized spacial score (nSPS) is 15.7. The van der Waals surface area contributed by atoms with Gasteiger partial charge in [0.25, 0.3) is 5.56 Å². The molecule has 2 N–H and O–H groups in total. The van der Waals surface area contributed by atoms with Gasteiger partial charge in [-0.15, -0.1) is 0 Å². The van der Waals surface area contributed by atoms with Gasteiger partial charge in [0, 0.05) is 13.0 Å². The zero-order valence-electron chi connectivity index (χ0n) is 19.6. The second-order valence-electron chi connectivity index (χ2n) is 8.58. The molecule has 0 saturated carbocycles. The van der Waals surface area contributed by atoms with Gasteiger partial charge in [-0.05, 0) is 49.4 Å². The lowest BCUT2D eigenvalue weighted by Crippen LogP contribution is -2.45. The predicted octanol–water partition coefficient (Wildman–Crippen LogP) is 1.95. The maximum absolute atomic E-state index is 13.2. The number of rotatable bonds is 9. The molecular weight excluding hydrogens is 448 g/mol. The van der Waals surface area contributed by atoms with Crippen molar-refractivity contribution in [3.63, 3.8) is 0 Å². The number of aryl methyl sites for hydroxylation is 2. The van der Waals surface area contributed by atoms with Gasteiger partial charge >= 0.3 is 0 Å². The van der Waals surface area contributed by atoms with E-state index < -0.39 is 11.9 Å². The minimum Gasteiger partial charge on any atom is -0.367 e. The summed E-state index contributed by atoms with van der Waals surface area (Å²) in [7, 11) is 0. The number of carbonyl (C=O) groups is 3. The van der Waals surface area contributed by atoms with Crippen molar-refractivity contribution < 1.29 is 19.1 Å². The van der Waals surface area contributed by atoms with Crippen LogP contribution >= 0.6 is 0 Å². The molecule has 2 aromatic carbocycles. The van der Waals surface area contributed by atoms with Crippen LogP contribution in [0.1, 0.15) is 42.3 Å². The van der Waals surface area contributed by atoms with Crippen molar-refractivity contribution in [3.05, 3.63) is 75.8 Å². The fourth-order valence-electron chi connectivity index (χ4n) is 4.22. The fourth-order valence-corrected chi connectivity index (χ4v) is 4.22. The molecule has 35 heavy (non-hydrogen) atoms. The van der Waals surface area contributed by atoms with Crippen LogP contribution in [-0.2, 0) is 32.1 Å². The van der Waals surface area contributed by atoms with Gasteiger partial charge in [0.15, 0.2) is 0 Å². The van der Waals surface area contributed by atoms with E-state index in [1.54, 1.807) is 19.1 Å². The third kappa shape index (κ3) is 5.99. The monoisotopic (exact) mass is 476 g/mol. The summed E-state index contributed by atoms with van der Waals surface area (Å²) in [6.45, 7) is 2.55. The first-order valence-electron chi connectivity index (χ1n) is 11.7. The lowest BCUT2D eigenvalue weighted by atomic mass is 10.0. The van der Waals surface area contributed by atoms with Gasteiger partial charge in [0.1, 0.15) is 18.5 Å². The Morgan fingerprint density at radius 1 is 1.14 bits per heavy atom. The summed E-state index contributed by atoms with van der Waals surface area (Å²) in [5.41, 5.74) is 2.21. The molecule has 1 aliphatic rings. The molecule has 182 valence electrons. The molecule has 0 aliphatic carbocycles. The van der Waals surface area contributed by atoms with Crippen LogP contribution in [0.25, 0.3) is 10.9 Å². The molecule has 1 unspecified atom stereocenters. The molecule has 1 fully saturated rings. The Hall–Kier alpha value is -3.85. The number of hydrogen-bond acceptors (Lipinski definition) is 6. The molecule has 9 heteroatoms. The summed E-state index contributed by atoms with van der Waals surface area (Å²) < 4.78 is 6.82. The van der Waals surface area contributed by atoms with Crippen LogP contribution in [0, 0.1) is 6.92 Å². The zero-order chi connectivity index (χ0) is 24.8. The Kier molecular flexibility index (Phi) is 7.67. The summed E-state index contributed by atoms with van der Waals surface area (Å²) >= 11 is 0. The highest BCUT2D eigenvalue weighted by molar-refractivity contribution is 5.99. The van der Waals surface area contributed by atoms with E-state index in [0.717, 1.165) is 11.1 Å². The second-order valence-corrected chi connectivity index (χ2v) is 8.58. The summed E-state index contributed by atoms with van der Waals surface area (Å²) in [6.07, 6.45) is 1.81. The first kappa shape index (κ1) is 24.3. The number of carbonyl (C=O) groups excluding carboxylic acids is 3. The minimum absolute atomic E-state index is 0.00419. The lowest BCUT2D eigenvalue weighted by molar-refractivity contribution is -0.136. The predicted molar refractivity (Wildman–Crippen MR) is 130 cm³/mol. The average molecular weight is 477 g/mol. The zero-order valence-corrected chi connectivity index (χ0v) is 19.6. The van der Waals surface area contributed by atoms with E-state index in [2.05, 4.69) is 15.6 Å². The number of aromatic nitrogens is 2. The third-order valence-electron chi connectivity index (χ3n) is 5.97. The van der Waals surface area contributed by atoms with Crippen LogP contribution in [0.5, 0.6) is 0 Å². The Morgan fingerprint density at radius 2 is 1.94 bits per heavy atom. The molecule has 2 heterocycles. The molecule has 1 aromatic heterocycles. The Bertz CT molecular complexity index is 1300. The van der Waals surface area contributed by atoms with Crippen LogP contribution in [0.2, 0.25) is 0 Å². The standard InChI is InChI=1S/C26H28N4O5/c1-17-28-21-10-9-18(8-5-13-27-24(32)16-35-15-19-6-3-2-4-7-19)14-20(21)26(34)30(17)22-11-12-23(31)29-25(22)33/h2-4,6-7,9-10,14,22H,5,8,11-13,15-16H2,1H3,(H,27,32)(H,29,31,33). The minimum atomic E-state index is -0.750. The number of benzene rings is 2. The van der Waals surface area contributed by atoms with Crippen LogP contribution in [-0.4, -0.2) is 40.4 Å². The smallest absolute Gasteiger partial charge is 0.262 e. The van der Waals surface area contributed by atoms with E-state index in [9.17, 15) is 19.2 Å². The molecule has 1 saturated heterocycles. The molecule has 4 rings (SSSR count). The van der Waals surface area contributed by atoms with E-state index in [0.29, 0.717) is 42.7 Å². The van der Waals surface area contributed by atoms with Gasteiger partial charge in [-0.1, -0.05) is 36.4 Å². The van der Waals surface area contributed by atoms with E-state index in [-0.39, 0.29) is 36.8 Å². The molecule has 3 aromatic rings. The molecule has 0 spiro atoms. The van der Waals surface area contributed by atoms with Crippen LogP contribution < -0.4 is 16.2 Å². The third-order valence-corrected chi connectivity index (χ3v) is 5.97. The second kappa shape index (κ2) is 11.1. The number of amides is 3. The SMILES string of the molecule is Cc1nc2ccc(CCCNC(=O)COCc3ccccc3)cc2c(=O)n1C1CCC(=O)NC1=O. The number of hydrogen-bond donors (Lipinski definition) is 2. The summed E-state index contributed by atoms with van der Waals surface area (Å²) in [5, 5.41) is 5.57. The summed E-state index contributed by atoms with van der Waals surface area (Å²) in [5.74, 6) is -0.553. The van der Waals surface area contributed by atoms with Crippen molar-refractivity contribution in [2.24, 2.45) is 0 Å². The van der Waals surface area contributed by atoms with Gasteiger partial charge < -0.3 is 10.1 Å². The Balaban J connectivity index is 1.33. The first-order valence-corrected chi connectivity index (χ1v) is 11.7. The highest BCUT2D eigenvalue weighted by Gasteiger charge is 2.30. The van der Waals surface area contributed by atoms with Gasteiger partial charge in [0.05, 0.1) is 17.5 Å². The van der Waals surface area contributed by atoms with Crippen molar-refractivity contribution in [1.29, 1.82) is 0 Å². The summed E-state index contributed by atoms with van der Waals surface area (Å²) in [6, 6.07) is 14.4. The largest absolute Gasteiger partial charge is 0.367 e. The number of imide groups is 1. The maximum Gasteiger partial charge on any atom is 0.262 e. The van der Waals surface area contributed by atoms with Crippen LogP contribution in [0.3, 0.4) is 0 Å². The summed E-state index contributed by atoms with van der Waals surface area (Å²) in [4.78, 5) is 53.5. The van der Waals surface area contributed by atoms with Crippen molar-refractivity contribution in [1.82, 2.24) is 20.2 Å². The van der Waals surface area contributed by atoms with Gasteiger partial charge in [-0.3, -0.25) is 29.1 Å². The lowest BCUT2D eigenvalue weighted by Gasteiger charge is -2.24. The van der Waals surface area contributed by atoms with Crippen molar-refractivity contribution in [2.75, 3.05) is 13.2 Å². The molecule has 0 radical (unpaired) electrons. The number of nitrogens with zero attached hydrogens (tertiary/aromatic N) is 2. The van der Waals surface area contributed by atoms with E-state index in [1.165, 1.54) is 4.57 Å². The number of ether oxygens (including phenoxy) is 1. The molecule has 0 bridgehead atoms. The number of piperidine rings is 1. The molecule has 1 aliphatic heterocycles. The maximum atomic E-state index is 13.2. The topological polar surface area (TPSA) is 119 Å². The van der Waals surface area contributed by atoms with Gasteiger partial charge in [-0.25, -0.2) is 4.98 Å². The quantitative estimate of drug-likeness (QED) is 0.360. The van der Waals surface area contributed by atoms with Crippen LogP contribution in [0.4, 0.5) is 0 Å². The first-order chi connectivity index (χ1) is 16.9. The van der Waals surface area contributed by atoms with Crippen LogP contribution in [0.15, 0.2) is 53.3 Å². The highest BCUT2D eigenvalue weighted by Crippen LogP contribution is 2.20. The van der Waals surface area contributed by atoms with Crippen molar-refractivity contribution >= 4 is 28.6 Å². The molecule has 9 nitrogen and oxygen atoms in total. The van der Waals surface area contributed by atoms with Crippen molar-refractivity contribution in [3.8, 4) is 0 Å². The Labute approximate surface area is 202 Å². The number of nitrogens with one attached hydrogen (secondary N) is 2. The highest BCUT2D eigenvalue weighted by atomic mass is 16.5. The van der Waals surface area contributed by atoms with Gasteiger partial charge in [-0.2, -0.15) is 0 Å².